The quantitative estimate of drug-likeness (QED) is 0.812. The summed E-state index contributed by atoms with van der Waals surface area (Å²) in [5, 5.41) is 4.90. The Morgan fingerprint density at radius 1 is 1.55 bits per heavy atom. The molecule has 4 nitrogen and oxygen atoms in total. The lowest BCUT2D eigenvalue weighted by atomic mass is 9.90. The molecule has 1 aliphatic heterocycles. The molecular formula is C14H15NO3S2. The molecule has 3 heterocycles. The Kier molecular flexibility index (Phi) is 3.62. The Hall–Kier alpha value is -1.24. The normalized spacial score (nSPS) is 16.7. The summed E-state index contributed by atoms with van der Waals surface area (Å²) in [7, 11) is 0. The number of aromatic nitrogens is 1. The van der Waals surface area contributed by atoms with Gasteiger partial charge in [0.25, 0.3) is 0 Å². The minimum absolute atomic E-state index is 0.0234. The summed E-state index contributed by atoms with van der Waals surface area (Å²) in [6.45, 7) is 5.61. The van der Waals surface area contributed by atoms with Gasteiger partial charge in [-0.05, 0) is 18.4 Å². The van der Waals surface area contributed by atoms with E-state index >= 15 is 0 Å². The predicted octanol–water partition coefficient (Wildman–Crippen LogP) is 3.37. The highest BCUT2D eigenvalue weighted by atomic mass is 32.1. The van der Waals surface area contributed by atoms with Gasteiger partial charge in [-0.15, -0.1) is 11.3 Å². The fraction of sp³-hybridized carbons (Fsp3) is 0.429. The predicted molar refractivity (Wildman–Crippen MR) is 79.4 cm³/mol. The van der Waals surface area contributed by atoms with Crippen molar-refractivity contribution in [3.8, 4) is 10.6 Å². The van der Waals surface area contributed by atoms with Gasteiger partial charge in [0, 0.05) is 16.4 Å². The van der Waals surface area contributed by atoms with Gasteiger partial charge in [0.15, 0.2) is 0 Å². The molecular weight excluding hydrogens is 294 g/mol. The summed E-state index contributed by atoms with van der Waals surface area (Å²) >= 11 is 3.01. The summed E-state index contributed by atoms with van der Waals surface area (Å²) in [6.07, 6.45) is 0. The molecule has 2 aromatic heterocycles. The minimum atomic E-state index is -0.283. The first-order chi connectivity index (χ1) is 9.57. The third kappa shape index (κ3) is 2.63. The van der Waals surface area contributed by atoms with E-state index in [1.165, 1.54) is 11.3 Å². The van der Waals surface area contributed by atoms with Gasteiger partial charge in [-0.2, -0.15) is 11.3 Å². The van der Waals surface area contributed by atoms with Crippen LogP contribution in [0.3, 0.4) is 0 Å². The van der Waals surface area contributed by atoms with Gasteiger partial charge in [-0.3, -0.25) is 0 Å². The van der Waals surface area contributed by atoms with E-state index in [2.05, 4.69) is 11.9 Å². The smallest absolute Gasteiger partial charge is 0.350 e. The van der Waals surface area contributed by atoms with Crippen LogP contribution in [-0.2, 0) is 9.47 Å². The van der Waals surface area contributed by atoms with Crippen molar-refractivity contribution in [1.82, 2.24) is 4.98 Å². The van der Waals surface area contributed by atoms with Crippen LogP contribution in [0.5, 0.6) is 0 Å². The maximum absolute atomic E-state index is 12.1. The average Bonchev–Trinajstić information content (AvgIpc) is 3.02. The van der Waals surface area contributed by atoms with Crippen molar-refractivity contribution >= 4 is 28.6 Å². The van der Waals surface area contributed by atoms with Crippen LogP contribution in [0.25, 0.3) is 10.6 Å². The van der Waals surface area contributed by atoms with Gasteiger partial charge < -0.3 is 9.47 Å². The standard InChI is InChI=1S/C14H15NO3S2/c1-9-11(13(16)18-8-14(2)6-17-7-14)20-12(15-9)10-3-4-19-5-10/h3-5H,6-8H2,1-2H3. The van der Waals surface area contributed by atoms with Crippen molar-refractivity contribution in [3.05, 3.63) is 27.4 Å². The first-order valence-corrected chi connectivity index (χ1v) is 8.08. The topological polar surface area (TPSA) is 48.4 Å². The fourth-order valence-electron chi connectivity index (χ4n) is 1.93. The number of aryl methyl sites for hydroxylation is 1. The van der Waals surface area contributed by atoms with E-state index in [1.54, 1.807) is 11.3 Å². The van der Waals surface area contributed by atoms with Crippen LogP contribution in [0.4, 0.5) is 0 Å². The van der Waals surface area contributed by atoms with Crippen LogP contribution in [0, 0.1) is 12.3 Å². The highest BCUT2D eigenvalue weighted by Gasteiger charge is 2.35. The maximum Gasteiger partial charge on any atom is 0.350 e. The van der Waals surface area contributed by atoms with E-state index in [9.17, 15) is 4.79 Å². The maximum atomic E-state index is 12.1. The SMILES string of the molecule is Cc1nc(-c2ccsc2)sc1C(=O)OCC1(C)COC1. The highest BCUT2D eigenvalue weighted by molar-refractivity contribution is 7.17. The molecule has 0 amide bonds. The van der Waals surface area contributed by atoms with Crippen LogP contribution in [0.2, 0.25) is 0 Å². The third-order valence-corrected chi connectivity index (χ3v) is 5.07. The summed E-state index contributed by atoms with van der Waals surface area (Å²) in [4.78, 5) is 17.2. The zero-order chi connectivity index (χ0) is 14.2. The van der Waals surface area contributed by atoms with E-state index in [0.29, 0.717) is 24.7 Å². The lowest BCUT2D eigenvalue weighted by molar-refractivity contribution is -0.127. The number of carbonyl (C=O) groups is 1. The summed E-state index contributed by atoms with van der Waals surface area (Å²) in [5.41, 5.74) is 1.77. The number of ether oxygens (including phenoxy) is 2. The second-order valence-electron chi connectivity index (χ2n) is 5.33. The van der Waals surface area contributed by atoms with Gasteiger partial charge in [0.2, 0.25) is 0 Å². The van der Waals surface area contributed by atoms with Crippen molar-refractivity contribution < 1.29 is 14.3 Å². The van der Waals surface area contributed by atoms with Crippen molar-refractivity contribution in [2.45, 2.75) is 13.8 Å². The molecule has 0 unspecified atom stereocenters. The van der Waals surface area contributed by atoms with Crippen LogP contribution in [0.1, 0.15) is 22.3 Å². The molecule has 1 aliphatic rings. The van der Waals surface area contributed by atoms with E-state index in [-0.39, 0.29) is 11.4 Å². The molecule has 106 valence electrons. The van der Waals surface area contributed by atoms with Crippen molar-refractivity contribution in [2.24, 2.45) is 5.41 Å². The molecule has 2 aromatic rings. The Morgan fingerprint density at radius 2 is 2.35 bits per heavy atom. The zero-order valence-electron chi connectivity index (χ0n) is 11.3. The van der Waals surface area contributed by atoms with E-state index in [0.717, 1.165) is 16.3 Å². The Balaban J connectivity index is 1.71. The van der Waals surface area contributed by atoms with Crippen LogP contribution in [0.15, 0.2) is 16.8 Å². The van der Waals surface area contributed by atoms with E-state index < -0.39 is 0 Å². The lowest BCUT2D eigenvalue weighted by Gasteiger charge is -2.37. The molecule has 0 saturated carbocycles. The van der Waals surface area contributed by atoms with Crippen LogP contribution >= 0.6 is 22.7 Å². The number of thiazole rings is 1. The monoisotopic (exact) mass is 309 g/mol. The largest absolute Gasteiger partial charge is 0.461 e. The molecule has 6 heteroatoms. The number of hydrogen-bond acceptors (Lipinski definition) is 6. The average molecular weight is 309 g/mol. The molecule has 0 spiro atoms. The summed E-state index contributed by atoms with van der Waals surface area (Å²) in [5.74, 6) is -0.283. The first kappa shape index (κ1) is 13.7. The second kappa shape index (κ2) is 5.27. The lowest BCUT2D eigenvalue weighted by Crippen LogP contribution is -2.44. The summed E-state index contributed by atoms with van der Waals surface area (Å²) in [6, 6.07) is 2.00. The van der Waals surface area contributed by atoms with Gasteiger partial charge in [0.05, 0.1) is 18.9 Å². The number of thiophene rings is 1. The molecule has 0 atom stereocenters. The molecule has 20 heavy (non-hydrogen) atoms. The number of rotatable bonds is 4. The number of esters is 1. The van der Waals surface area contributed by atoms with Gasteiger partial charge in [-0.25, -0.2) is 9.78 Å². The number of carbonyl (C=O) groups excluding carboxylic acids is 1. The molecule has 0 aromatic carbocycles. The van der Waals surface area contributed by atoms with Crippen LogP contribution < -0.4 is 0 Å². The molecule has 3 rings (SSSR count). The second-order valence-corrected chi connectivity index (χ2v) is 7.10. The Bertz CT molecular complexity index is 614. The molecule has 0 N–H and O–H groups in total. The van der Waals surface area contributed by atoms with Gasteiger partial charge in [0.1, 0.15) is 16.5 Å². The van der Waals surface area contributed by atoms with Crippen molar-refractivity contribution in [1.29, 1.82) is 0 Å². The summed E-state index contributed by atoms with van der Waals surface area (Å²) < 4.78 is 10.6. The van der Waals surface area contributed by atoms with E-state index in [1.807, 2.05) is 23.8 Å². The zero-order valence-corrected chi connectivity index (χ0v) is 13.0. The number of nitrogens with zero attached hydrogens (tertiary/aromatic N) is 1. The Morgan fingerprint density at radius 3 is 2.95 bits per heavy atom. The highest BCUT2D eigenvalue weighted by Crippen LogP contribution is 2.31. The Labute approximate surface area is 125 Å². The van der Waals surface area contributed by atoms with Crippen molar-refractivity contribution in [3.63, 3.8) is 0 Å². The minimum Gasteiger partial charge on any atom is -0.461 e. The molecule has 0 radical (unpaired) electrons. The molecule has 0 aliphatic carbocycles. The third-order valence-electron chi connectivity index (χ3n) is 3.20. The molecule has 1 saturated heterocycles. The molecule has 1 fully saturated rings. The first-order valence-electron chi connectivity index (χ1n) is 6.32. The molecule has 0 bridgehead atoms. The fourth-order valence-corrected chi connectivity index (χ4v) is 3.61. The van der Waals surface area contributed by atoms with Gasteiger partial charge >= 0.3 is 5.97 Å². The van der Waals surface area contributed by atoms with E-state index in [4.69, 9.17) is 9.47 Å². The van der Waals surface area contributed by atoms with Crippen LogP contribution in [-0.4, -0.2) is 30.8 Å². The van der Waals surface area contributed by atoms with Crippen molar-refractivity contribution in [2.75, 3.05) is 19.8 Å². The van der Waals surface area contributed by atoms with Gasteiger partial charge in [-0.1, -0.05) is 6.92 Å². The number of hydrogen-bond donors (Lipinski definition) is 0.